The summed E-state index contributed by atoms with van der Waals surface area (Å²) in [5.41, 5.74) is 0.919. The SMILES string of the molecule is Cc1ccc(C(=O)COC(=O)c2ccc(COc3ccc4ccccc4c3)o2)c(O)c1. The molecule has 3 aromatic carbocycles. The molecule has 0 bridgehead atoms. The average molecular weight is 416 g/mol. The number of benzene rings is 3. The molecule has 0 amide bonds. The maximum absolute atomic E-state index is 12.2. The van der Waals surface area contributed by atoms with Crippen molar-refractivity contribution < 1.29 is 28.6 Å². The summed E-state index contributed by atoms with van der Waals surface area (Å²) in [6, 6.07) is 21.5. The Hall–Kier alpha value is -4.06. The van der Waals surface area contributed by atoms with Crippen LogP contribution in [0.3, 0.4) is 0 Å². The van der Waals surface area contributed by atoms with Crippen molar-refractivity contribution in [1.82, 2.24) is 0 Å². The molecule has 1 aromatic heterocycles. The summed E-state index contributed by atoms with van der Waals surface area (Å²) in [7, 11) is 0. The molecule has 0 aliphatic rings. The first-order chi connectivity index (χ1) is 15.0. The van der Waals surface area contributed by atoms with Crippen LogP contribution in [0.2, 0.25) is 0 Å². The summed E-state index contributed by atoms with van der Waals surface area (Å²) in [6.07, 6.45) is 0. The zero-order valence-corrected chi connectivity index (χ0v) is 16.8. The van der Waals surface area contributed by atoms with Crippen LogP contribution in [0.4, 0.5) is 0 Å². The highest BCUT2D eigenvalue weighted by Crippen LogP contribution is 2.22. The zero-order chi connectivity index (χ0) is 21.8. The second-order valence-electron chi connectivity index (χ2n) is 7.08. The highest BCUT2D eigenvalue weighted by Gasteiger charge is 2.17. The van der Waals surface area contributed by atoms with E-state index in [9.17, 15) is 14.7 Å². The van der Waals surface area contributed by atoms with Gasteiger partial charge in [-0.1, -0.05) is 36.4 Å². The maximum Gasteiger partial charge on any atom is 0.374 e. The van der Waals surface area contributed by atoms with Crippen LogP contribution in [0.1, 0.15) is 32.2 Å². The number of phenols is 1. The van der Waals surface area contributed by atoms with Crippen LogP contribution in [0, 0.1) is 6.92 Å². The molecule has 0 aliphatic carbocycles. The number of carbonyl (C=O) groups is 2. The quantitative estimate of drug-likeness (QED) is 0.335. The van der Waals surface area contributed by atoms with Crippen LogP contribution >= 0.6 is 0 Å². The molecule has 0 spiro atoms. The van der Waals surface area contributed by atoms with Gasteiger partial charge in [0, 0.05) is 0 Å². The molecule has 0 fully saturated rings. The Bertz CT molecular complexity index is 1250. The van der Waals surface area contributed by atoms with Crippen LogP contribution in [0.25, 0.3) is 10.8 Å². The van der Waals surface area contributed by atoms with Gasteiger partial charge in [-0.15, -0.1) is 0 Å². The number of Topliss-reactive ketones (excluding diaryl/α,β-unsaturated/α-hetero) is 1. The van der Waals surface area contributed by atoms with E-state index in [2.05, 4.69) is 0 Å². The summed E-state index contributed by atoms with van der Waals surface area (Å²) < 4.78 is 16.2. The first kappa shape index (κ1) is 20.2. The average Bonchev–Trinajstić information content (AvgIpc) is 3.25. The molecular formula is C25H20O6. The Morgan fingerprint density at radius 2 is 1.74 bits per heavy atom. The van der Waals surface area contributed by atoms with Gasteiger partial charge in [0.25, 0.3) is 0 Å². The van der Waals surface area contributed by atoms with E-state index < -0.39 is 18.4 Å². The fourth-order valence-corrected chi connectivity index (χ4v) is 3.13. The molecule has 6 nitrogen and oxygen atoms in total. The van der Waals surface area contributed by atoms with Crippen molar-refractivity contribution >= 4 is 22.5 Å². The van der Waals surface area contributed by atoms with E-state index in [-0.39, 0.29) is 23.7 Å². The Kier molecular flexibility index (Phi) is 5.71. The second kappa shape index (κ2) is 8.75. The van der Waals surface area contributed by atoms with E-state index in [1.165, 1.54) is 18.2 Å². The van der Waals surface area contributed by atoms with Gasteiger partial charge in [-0.25, -0.2) is 4.79 Å². The molecule has 6 heteroatoms. The third-order valence-corrected chi connectivity index (χ3v) is 4.75. The summed E-state index contributed by atoms with van der Waals surface area (Å²) >= 11 is 0. The number of ether oxygens (including phenoxy) is 2. The number of carbonyl (C=O) groups excluding carboxylic acids is 2. The topological polar surface area (TPSA) is 86.0 Å². The number of aromatic hydroxyl groups is 1. The molecule has 0 saturated heterocycles. The lowest BCUT2D eigenvalue weighted by atomic mass is 10.1. The standard InChI is InChI=1S/C25H20O6/c1-16-6-10-21(22(26)12-16)23(27)15-30-25(28)24-11-9-20(31-24)14-29-19-8-7-17-4-2-3-5-18(17)13-19/h2-13,26H,14-15H2,1H3. The molecular weight excluding hydrogens is 396 g/mol. The molecule has 156 valence electrons. The van der Waals surface area contributed by atoms with Crippen molar-refractivity contribution in [2.45, 2.75) is 13.5 Å². The predicted molar refractivity (Wildman–Crippen MR) is 114 cm³/mol. The van der Waals surface area contributed by atoms with Crippen molar-refractivity contribution in [3.8, 4) is 11.5 Å². The van der Waals surface area contributed by atoms with Gasteiger partial charge in [-0.3, -0.25) is 4.79 Å². The number of rotatable bonds is 7. The molecule has 0 saturated carbocycles. The van der Waals surface area contributed by atoms with Crippen LogP contribution in [-0.4, -0.2) is 23.5 Å². The molecule has 0 unspecified atom stereocenters. The lowest BCUT2D eigenvalue weighted by Gasteiger charge is -2.06. The number of hydrogen-bond acceptors (Lipinski definition) is 6. The van der Waals surface area contributed by atoms with Crippen molar-refractivity contribution in [1.29, 1.82) is 0 Å². The van der Waals surface area contributed by atoms with Crippen LogP contribution in [-0.2, 0) is 11.3 Å². The highest BCUT2D eigenvalue weighted by molar-refractivity contribution is 6.01. The summed E-state index contributed by atoms with van der Waals surface area (Å²) in [5.74, 6) is -0.315. The monoisotopic (exact) mass is 416 g/mol. The van der Waals surface area contributed by atoms with Gasteiger partial charge in [0.2, 0.25) is 11.5 Å². The summed E-state index contributed by atoms with van der Waals surface area (Å²) in [6.45, 7) is 1.44. The normalized spacial score (nSPS) is 10.7. The molecule has 31 heavy (non-hydrogen) atoms. The Labute approximate surface area is 178 Å². The third-order valence-electron chi connectivity index (χ3n) is 4.75. The fraction of sp³-hybridized carbons (Fsp3) is 0.120. The molecule has 0 aliphatic heterocycles. The fourth-order valence-electron chi connectivity index (χ4n) is 3.13. The van der Waals surface area contributed by atoms with E-state index in [4.69, 9.17) is 13.9 Å². The number of furan rings is 1. The van der Waals surface area contributed by atoms with Crippen molar-refractivity contribution in [2.24, 2.45) is 0 Å². The van der Waals surface area contributed by atoms with E-state index in [0.29, 0.717) is 11.5 Å². The van der Waals surface area contributed by atoms with E-state index in [0.717, 1.165) is 16.3 Å². The molecule has 4 aromatic rings. The molecule has 0 atom stereocenters. The van der Waals surface area contributed by atoms with Gasteiger partial charge in [-0.05, 0) is 59.7 Å². The highest BCUT2D eigenvalue weighted by atomic mass is 16.5. The molecule has 1 N–H and O–H groups in total. The van der Waals surface area contributed by atoms with E-state index >= 15 is 0 Å². The minimum atomic E-state index is -0.767. The second-order valence-corrected chi connectivity index (χ2v) is 7.08. The van der Waals surface area contributed by atoms with Crippen molar-refractivity contribution in [2.75, 3.05) is 6.61 Å². The molecule has 0 radical (unpaired) electrons. The third kappa shape index (κ3) is 4.75. The largest absolute Gasteiger partial charge is 0.507 e. The van der Waals surface area contributed by atoms with Crippen molar-refractivity contribution in [3.63, 3.8) is 0 Å². The Balaban J connectivity index is 1.33. The minimum Gasteiger partial charge on any atom is -0.507 e. The first-order valence-electron chi connectivity index (χ1n) is 9.70. The zero-order valence-electron chi connectivity index (χ0n) is 16.8. The van der Waals surface area contributed by atoms with Gasteiger partial charge >= 0.3 is 5.97 Å². The predicted octanol–water partition coefficient (Wildman–Crippen LogP) is 5.07. The Morgan fingerprint density at radius 3 is 2.55 bits per heavy atom. The maximum atomic E-state index is 12.2. The molecule has 4 rings (SSSR count). The van der Waals surface area contributed by atoms with Gasteiger partial charge in [0.15, 0.2) is 6.61 Å². The van der Waals surface area contributed by atoms with E-state index in [1.807, 2.05) is 42.5 Å². The van der Waals surface area contributed by atoms with Gasteiger partial charge in [0.1, 0.15) is 23.9 Å². The van der Waals surface area contributed by atoms with Gasteiger partial charge in [-0.2, -0.15) is 0 Å². The van der Waals surface area contributed by atoms with Crippen molar-refractivity contribution in [3.05, 3.63) is 95.4 Å². The summed E-state index contributed by atoms with van der Waals surface area (Å²) in [4.78, 5) is 24.4. The number of hydrogen-bond donors (Lipinski definition) is 1. The number of esters is 1. The van der Waals surface area contributed by atoms with Gasteiger partial charge in [0.05, 0.1) is 5.56 Å². The lowest BCUT2D eigenvalue weighted by Crippen LogP contribution is -2.14. The van der Waals surface area contributed by atoms with Crippen LogP contribution in [0.15, 0.2) is 77.2 Å². The minimum absolute atomic E-state index is 0.0296. The van der Waals surface area contributed by atoms with Crippen LogP contribution in [0.5, 0.6) is 11.5 Å². The number of aryl methyl sites for hydroxylation is 1. The molecule has 1 heterocycles. The summed E-state index contributed by atoms with van der Waals surface area (Å²) in [5, 5.41) is 12.0. The lowest BCUT2D eigenvalue weighted by molar-refractivity contribution is 0.0440. The number of ketones is 1. The number of fused-ring (bicyclic) bond motifs is 1. The Morgan fingerprint density at radius 1 is 0.935 bits per heavy atom. The van der Waals surface area contributed by atoms with Gasteiger partial charge < -0.3 is 19.0 Å². The number of phenolic OH excluding ortho intramolecular Hbond substituents is 1. The van der Waals surface area contributed by atoms with Crippen LogP contribution < -0.4 is 4.74 Å². The smallest absolute Gasteiger partial charge is 0.374 e. The first-order valence-corrected chi connectivity index (χ1v) is 9.70. The van der Waals surface area contributed by atoms with E-state index in [1.54, 1.807) is 19.1 Å².